The molecule has 28 heavy (non-hydrogen) atoms. The normalized spacial score (nSPS) is 14.6. The van der Waals surface area contributed by atoms with Gasteiger partial charge in [0.2, 0.25) is 5.91 Å². The van der Waals surface area contributed by atoms with Crippen LogP contribution in [0.1, 0.15) is 28.4 Å². The van der Waals surface area contributed by atoms with Crippen LogP contribution >= 0.6 is 0 Å². The third kappa shape index (κ3) is 2.85. The average Bonchev–Trinajstić information content (AvgIpc) is 3.02. The molecule has 0 saturated carbocycles. The molecule has 0 fully saturated rings. The number of amides is 2. The molecule has 4 nitrogen and oxygen atoms in total. The van der Waals surface area contributed by atoms with Gasteiger partial charge in [0.15, 0.2) is 5.78 Å². The molecule has 0 aromatic heterocycles. The maximum absolute atomic E-state index is 13.5. The molecule has 0 bridgehead atoms. The standard InChI is InChI=1S/C24H17NO3/c1-16(26)25-20-15-9-8-14-19(20)22(24(25)28)21(17-10-4-2-5-11-17)23(27)18-12-6-3-7-13-18/h2-15H,1H3/b22-21+. The molecule has 136 valence electrons. The lowest BCUT2D eigenvalue weighted by atomic mass is 9.89. The van der Waals surface area contributed by atoms with Gasteiger partial charge in [-0.2, -0.15) is 0 Å². The number of carbonyl (C=O) groups is 3. The molecule has 1 aliphatic rings. The Kier molecular flexibility index (Phi) is 4.45. The number of nitrogens with zero attached hydrogens (tertiary/aromatic N) is 1. The van der Waals surface area contributed by atoms with Crippen molar-refractivity contribution in [2.75, 3.05) is 4.90 Å². The molecular formula is C24H17NO3. The van der Waals surface area contributed by atoms with Crippen molar-refractivity contribution in [3.63, 3.8) is 0 Å². The SMILES string of the molecule is CC(=O)N1C(=O)/C(=C(/C(=O)c2ccccc2)c2ccccc2)c2ccccc21. The fourth-order valence-electron chi connectivity index (χ4n) is 3.50. The second-order valence-electron chi connectivity index (χ2n) is 6.49. The Morgan fingerprint density at radius 1 is 0.714 bits per heavy atom. The first-order valence-electron chi connectivity index (χ1n) is 8.93. The van der Waals surface area contributed by atoms with Gasteiger partial charge in [0, 0.05) is 23.6 Å². The molecule has 4 heteroatoms. The Labute approximate surface area is 162 Å². The highest BCUT2D eigenvalue weighted by Gasteiger charge is 2.38. The smallest absolute Gasteiger partial charge is 0.266 e. The van der Waals surface area contributed by atoms with Crippen LogP contribution in [0, 0.1) is 0 Å². The van der Waals surface area contributed by atoms with Gasteiger partial charge in [-0.15, -0.1) is 0 Å². The average molecular weight is 367 g/mol. The van der Waals surface area contributed by atoms with Gasteiger partial charge in [0.1, 0.15) is 0 Å². The van der Waals surface area contributed by atoms with Gasteiger partial charge in [-0.3, -0.25) is 14.4 Å². The molecule has 0 spiro atoms. The van der Waals surface area contributed by atoms with E-state index in [2.05, 4.69) is 0 Å². The number of para-hydroxylation sites is 1. The first-order valence-corrected chi connectivity index (χ1v) is 8.93. The Balaban J connectivity index is 2.04. The largest absolute Gasteiger partial charge is 0.289 e. The minimum absolute atomic E-state index is 0.254. The summed E-state index contributed by atoms with van der Waals surface area (Å²) in [7, 11) is 0. The summed E-state index contributed by atoms with van der Waals surface area (Å²) in [5, 5.41) is 0. The van der Waals surface area contributed by atoms with Crippen molar-refractivity contribution in [1.82, 2.24) is 0 Å². The predicted octanol–water partition coefficient (Wildman–Crippen LogP) is 4.37. The maximum atomic E-state index is 13.5. The molecule has 3 aromatic carbocycles. The van der Waals surface area contributed by atoms with E-state index in [4.69, 9.17) is 0 Å². The van der Waals surface area contributed by atoms with Crippen LogP contribution in [0.5, 0.6) is 0 Å². The van der Waals surface area contributed by atoms with Crippen LogP contribution in [-0.4, -0.2) is 17.6 Å². The van der Waals surface area contributed by atoms with Crippen molar-refractivity contribution >= 4 is 34.4 Å². The monoisotopic (exact) mass is 367 g/mol. The van der Waals surface area contributed by atoms with Gasteiger partial charge in [-0.1, -0.05) is 78.9 Å². The number of carbonyl (C=O) groups excluding carboxylic acids is 3. The molecular weight excluding hydrogens is 350 g/mol. The third-order valence-electron chi connectivity index (χ3n) is 4.72. The van der Waals surface area contributed by atoms with Crippen LogP contribution in [0.3, 0.4) is 0 Å². The molecule has 1 heterocycles. The van der Waals surface area contributed by atoms with Crippen LogP contribution in [0.25, 0.3) is 11.1 Å². The number of Topliss-reactive ketones (excluding diaryl/α,β-unsaturated/α-hetero) is 1. The second kappa shape index (κ2) is 7.08. The number of hydrogen-bond donors (Lipinski definition) is 0. The zero-order valence-corrected chi connectivity index (χ0v) is 15.3. The van der Waals surface area contributed by atoms with E-state index in [0.29, 0.717) is 28.0 Å². The number of allylic oxidation sites excluding steroid dienone is 1. The summed E-state index contributed by atoms with van der Waals surface area (Å²) in [6.07, 6.45) is 0. The number of fused-ring (bicyclic) bond motifs is 1. The molecule has 4 rings (SSSR count). The number of ketones is 1. The summed E-state index contributed by atoms with van der Waals surface area (Å²) in [6.45, 7) is 1.35. The summed E-state index contributed by atoms with van der Waals surface area (Å²) in [5.41, 5.74) is 2.77. The summed E-state index contributed by atoms with van der Waals surface area (Å²) in [6, 6.07) is 25.0. The lowest BCUT2D eigenvalue weighted by Crippen LogP contribution is -2.31. The molecule has 0 unspecified atom stereocenters. The van der Waals surface area contributed by atoms with E-state index in [1.54, 1.807) is 60.7 Å². The first kappa shape index (κ1) is 17.6. The molecule has 3 aromatic rings. The van der Waals surface area contributed by atoms with Crippen molar-refractivity contribution in [3.8, 4) is 0 Å². The van der Waals surface area contributed by atoms with Crippen LogP contribution < -0.4 is 4.90 Å². The Bertz CT molecular complexity index is 1110. The van der Waals surface area contributed by atoms with Gasteiger partial charge in [0.25, 0.3) is 5.91 Å². The summed E-state index contributed by atoms with van der Waals surface area (Å²) < 4.78 is 0. The predicted molar refractivity (Wildman–Crippen MR) is 109 cm³/mol. The fraction of sp³-hybridized carbons (Fsp3) is 0.0417. The molecule has 0 saturated heterocycles. The number of anilines is 1. The highest BCUT2D eigenvalue weighted by molar-refractivity contribution is 6.51. The minimum Gasteiger partial charge on any atom is -0.289 e. The quantitative estimate of drug-likeness (QED) is 0.510. The lowest BCUT2D eigenvalue weighted by molar-refractivity contribution is -0.122. The van der Waals surface area contributed by atoms with E-state index in [1.807, 2.05) is 24.3 Å². The Morgan fingerprint density at radius 3 is 1.86 bits per heavy atom. The van der Waals surface area contributed by atoms with Crippen LogP contribution in [0.15, 0.2) is 84.9 Å². The van der Waals surface area contributed by atoms with Gasteiger partial charge >= 0.3 is 0 Å². The number of rotatable bonds is 3. The Hall–Kier alpha value is -3.79. The molecule has 0 radical (unpaired) electrons. The van der Waals surface area contributed by atoms with E-state index >= 15 is 0 Å². The summed E-state index contributed by atoms with van der Waals surface area (Å²) >= 11 is 0. The highest BCUT2D eigenvalue weighted by Crippen LogP contribution is 2.41. The molecule has 0 atom stereocenters. The molecule has 1 aliphatic heterocycles. The van der Waals surface area contributed by atoms with Crippen molar-refractivity contribution in [3.05, 3.63) is 102 Å². The van der Waals surface area contributed by atoms with Crippen molar-refractivity contribution < 1.29 is 14.4 Å². The third-order valence-corrected chi connectivity index (χ3v) is 4.72. The maximum Gasteiger partial charge on any atom is 0.266 e. The van der Waals surface area contributed by atoms with Crippen LogP contribution in [0.4, 0.5) is 5.69 Å². The first-order chi connectivity index (χ1) is 13.6. The van der Waals surface area contributed by atoms with Gasteiger partial charge in [0.05, 0.1) is 11.3 Å². The number of hydrogen-bond acceptors (Lipinski definition) is 3. The fourth-order valence-corrected chi connectivity index (χ4v) is 3.50. The van der Waals surface area contributed by atoms with Crippen LogP contribution in [0.2, 0.25) is 0 Å². The van der Waals surface area contributed by atoms with Crippen LogP contribution in [-0.2, 0) is 9.59 Å². The topological polar surface area (TPSA) is 54.5 Å². The Morgan fingerprint density at radius 2 is 1.25 bits per heavy atom. The second-order valence-corrected chi connectivity index (χ2v) is 6.49. The van der Waals surface area contributed by atoms with Gasteiger partial charge < -0.3 is 0 Å². The van der Waals surface area contributed by atoms with E-state index in [-0.39, 0.29) is 17.3 Å². The molecule has 0 aliphatic carbocycles. The summed E-state index contributed by atoms with van der Waals surface area (Å²) in [4.78, 5) is 40.0. The van der Waals surface area contributed by atoms with Gasteiger partial charge in [-0.25, -0.2) is 4.90 Å². The highest BCUT2D eigenvalue weighted by atomic mass is 16.2. The molecule has 2 amide bonds. The lowest BCUT2D eigenvalue weighted by Gasteiger charge is -2.13. The molecule has 0 N–H and O–H groups in total. The van der Waals surface area contributed by atoms with E-state index in [0.717, 1.165) is 4.90 Å². The van der Waals surface area contributed by atoms with Crippen molar-refractivity contribution in [1.29, 1.82) is 0 Å². The van der Waals surface area contributed by atoms with Crippen molar-refractivity contribution in [2.24, 2.45) is 0 Å². The summed E-state index contributed by atoms with van der Waals surface area (Å²) in [5.74, 6) is -1.11. The minimum atomic E-state index is -0.475. The van der Waals surface area contributed by atoms with E-state index < -0.39 is 5.91 Å². The van der Waals surface area contributed by atoms with E-state index in [9.17, 15) is 14.4 Å². The number of imide groups is 1. The number of benzene rings is 3. The zero-order chi connectivity index (χ0) is 19.7. The van der Waals surface area contributed by atoms with Crippen molar-refractivity contribution in [2.45, 2.75) is 6.92 Å². The zero-order valence-electron chi connectivity index (χ0n) is 15.3. The van der Waals surface area contributed by atoms with Gasteiger partial charge in [-0.05, 0) is 11.6 Å². The van der Waals surface area contributed by atoms with E-state index in [1.165, 1.54) is 6.92 Å².